The number of Topliss-reactive ketones (excluding diaryl/α,β-unsaturated/α-hetero) is 1. The highest BCUT2D eigenvalue weighted by Crippen LogP contribution is 2.25. The Bertz CT molecular complexity index is 821. The summed E-state index contributed by atoms with van der Waals surface area (Å²) in [6.45, 7) is 3.61. The third-order valence-corrected chi connectivity index (χ3v) is 4.15. The smallest absolute Gasteiger partial charge is 0.331 e. The Labute approximate surface area is 159 Å². The first-order valence-corrected chi connectivity index (χ1v) is 8.72. The maximum atomic E-state index is 12.4. The predicted octanol–water partition coefficient (Wildman–Crippen LogP) is 4.09. The average molecular weight is 368 g/mol. The van der Waals surface area contributed by atoms with Crippen molar-refractivity contribution < 1.29 is 23.8 Å². The fourth-order valence-corrected chi connectivity index (χ4v) is 2.52. The molecule has 5 nitrogen and oxygen atoms in total. The van der Waals surface area contributed by atoms with E-state index in [1.165, 1.54) is 13.2 Å². The molecule has 2 aromatic carbocycles. The van der Waals surface area contributed by atoms with E-state index in [2.05, 4.69) is 0 Å². The van der Waals surface area contributed by atoms with Crippen molar-refractivity contribution in [2.75, 3.05) is 14.2 Å². The van der Waals surface area contributed by atoms with E-state index in [0.29, 0.717) is 22.6 Å². The van der Waals surface area contributed by atoms with Crippen LogP contribution in [0.1, 0.15) is 35.3 Å². The van der Waals surface area contributed by atoms with E-state index < -0.39 is 12.1 Å². The van der Waals surface area contributed by atoms with E-state index in [1.54, 1.807) is 50.4 Å². The summed E-state index contributed by atoms with van der Waals surface area (Å²) in [7, 11) is 3.10. The largest absolute Gasteiger partial charge is 0.497 e. The molecule has 0 N–H and O–H groups in total. The highest BCUT2D eigenvalue weighted by Gasteiger charge is 2.18. The standard InChI is InChI=1S/C22H24O5/c1-5-16-6-8-18(9-7-16)22(24)15(2)27-21(23)13-11-17-10-12-19(25-3)14-20(17)26-4/h6-15H,5H2,1-4H3/b13-11+/t15-/m1/s1. The monoisotopic (exact) mass is 368 g/mol. The Kier molecular flexibility index (Phi) is 7.17. The average Bonchev–Trinajstić information content (AvgIpc) is 2.71. The van der Waals surface area contributed by atoms with E-state index >= 15 is 0 Å². The fourth-order valence-electron chi connectivity index (χ4n) is 2.52. The third kappa shape index (κ3) is 5.45. The molecule has 0 heterocycles. The predicted molar refractivity (Wildman–Crippen MR) is 104 cm³/mol. The first-order chi connectivity index (χ1) is 13.0. The molecule has 0 fully saturated rings. The van der Waals surface area contributed by atoms with E-state index in [0.717, 1.165) is 12.0 Å². The molecule has 0 spiro atoms. The van der Waals surface area contributed by atoms with Gasteiger partial charge in [0, 0.05) is 23.3 Å². The van der Waals surface area contributed by atoms with Gasteiger partial charge in [0.1, 0.15) is 11.5 Å². The molecule has 0 unspecified atom stereocenters. The van der Waals surface area contributed by atoms with Crippen LogP contribution < -0.4 is 9.47 Å². The summed E-state index contributed by atoms with van der Waals surface area (Å²) >= 11 is 0. The summed E-state index contributed by atoms with van der Waals surface area (Å²) in [5.41, 5.74) is 2.37. The van der Waals surface area contributed by atoms with Gasteiger partial charge < -0.3 is 14.2 Å². The Morgan fingerprint density at radius 2 is 1.74 bits per heavy atom. The van der Waals surface area contributed by atoms with E-state index in [4.69, 9.17) is 14.2 Å². The van der Waals surface area contributed by atoms with Gasteiger partial charge in [-0.1, -0.05) is 31.2 Å². The molecule has 0 aliphatic carbocycles. The second-order valence-electron chi connectivity index (χ2n) is 5.94. The maximum Gasteiger partial charge on any atom is 0.331 e. The molecular weight excluding hydrogens is 344 g/mol. The molecule has 0 bridgehead atoms. The minimum Gasteiger partial charge on any atom is -0.497 e. The SMILES string of the molecule is CCc1ccc(C(=O)[C@@H](C)OC(=O)/C=C/c2ccc(OC)cc2OC)cc1. The van der Waals surface area contributed by atoms with Gasteiger partial charge in [0.2, 0.25) is 5.78 Å². The van der Waals surface area contributed by atoms with Crippen LogP contribution in [-0.4, -0.2) is 32.1 Å². The van der Waals surface area contributed by atoms with Gasteiger partial charge in [-0.05, 0) is 37.1 Å². The van der Waals surface area contributed by atoms with Crippen molar-refractivity contribution in [2.24, 2.45) is 0 Å². The zero-order valence-electron chi connectivity index (χ0n) is 16.0. The Balaban J connectivity index is 2.01. The van der Waals surface area contributed by atoms with Crippen LogP contribution >= 0.6 is 0 Å². The van der Waals surface area contributed by atoms with Crippen molar-refractivity contribution in [1.29, 1.82) is 0 Å². The quantitative estimate of drug-likeness (QED) is 0.399. The van der Waals surface area contributed by atoms with E-state index in [-0.39, 0.29) is 5.78 Å². The van der Waals surface area contributed by atoms with Gasteiger partial charge >= 0.3 is 5.97 Å². The lowest BCUT2D eigenvalue weighted by Crippen LogP contribution is -2.23. The van der Waals surface area contributed by atoms with E-state index in [9.17, 15) is 9.59 Å². The van der Waals surface area contributed by atoms with Crippen LogP contribution in [0.4, 0.5) is 0 Å². The number of benzene rings is 2. The molecule has 27 heavy (non-hydrogen) atoms. The summed E-state index contributed by atoms with van der Waals surface area (Å²) in [5, 5.41) is 0. The van der Waals surface area contributed by atoms with E-state index in [1.807, 2.05) is 19.1 Å². The van der Waals surface area contributed by atoms with Crippen molar-refractivity contribution in [3.8, 4) is 11.5 Å². The zero-order chi connectivity index (χ0) is 19.8. The van der Waals surface area contributed by atoms with Crippen molar-refractivity contribution in [3.05, 3.63) is 65.2 Å². The number of ether oxygens (including phenoxy) is 3. The lowest BCUT2D eigenvalue weighted by molar-refractivity contribution is -0.140. The van der Waals surface area contributed by atoms with Crippen LogP contribution in [0.3, 0.4) is 0 Å². The van der Waals surface area contributed by atoms with Gasteiger partial charge in [-0.3, -0.25) is 4.79 Å². The molecule has 5 heteroatoms. The summed E-state index contributed by atoms with van der Waals surface area (Å²) in [6, 6.07) is 12.6. The number of esters is 1. The van der Waals surface area contributed by atoms with Gasteiger partial charge in [-0.2, -0.15) is 0 Å². The molecule has 2 aromatic rings. The number of hydrogen-bond acceptors (Lipinski definition) is 5. The molecule has 0 aliphatic rings. The molecule has 142 valence electrons. The molecular formula is C22H24O5. The Morgan fingerprint density at radius 3 is 2.33 bits per heavy atom. The van der Waals surface area contributed by atoms with Crippen LogP contribution in [0.5, 0.6) is 11.5 Å². The lowest BCUT2D eigenvalue weighted by Gasteiger charge is -2.11. The number of aryl methyl sites for hydroxylation is 1. The Hall–Kier alpha value is -3.08. The summed E-state index contributed by atoms with van der Waals surface area (Å²) in [5.74, 6) is 0.388. The number of carbonyl (C=O) groups is 2. The summed E-state index contributed by atoms with van der Waals surface area (Å²) in [4.78, 5) is 24.4. The molecule has 0 amide bonds. The molecule has 0 saturated carbocycles. The first kappa shape index (κ1) is 20.2. The lowest BCUT2D eigenvalue weighted by atomic mass is 10.0. The number of ketones is 1. The van der Waals surface area contributed by atoms with Gasteiger partial charge in [-0.15, -0.1) is 0 Å². The number of hydrogen-bond donors (Lipinski definition) is 0. The maximum absolute atomic E-state index is 12.4. The molecule has 0 aliphatic heterocycles. The third-order valence-electron chi connectivity index (χ3n) is 4.15. The van der Waals surface area contributed by atoms with Crippen molar-refractivity contribution in [2.45, 2.75) is 26.4 Å². The second kappa shape index (κ2) is 9.57. The van der Waals surface area contributed by atoms with Crippen LogP contribution in [0.15, 0.2) is 48.5 Å². The Morgan fingerprint density at radius 1 is 1.04 bits per heavy atom. The molecule has 0 aromatic heterocycles. The van der Waals surface area contributed by atoms with Crippen LogP contribution in [0, 0.1) is 0 Å². The molecule has 2 rings (SSSR count). The molecule has 1 atom stereocenters. The zero-order valence-corrected chi connectivity index (χ0v) is 16.0. The number of methoxy groups -OCH3 is 2. The van der Waals surface area contributed by atoms with Gasteiger partial charge in [0.15, 0.2) is 6.10 Å². The van der Waals surface area contributed by atoms with Crippen LogP contribution in [-0.2, 0) is 16.0 Å². The fraction of sp³-hybridized carbons (Fsp3) is 0.273. The van der Waals surface area contributed by atoms with Crippen LogP contribution in [0.25, 0.3) is 6.08 Å². The summed E-state index contributed by atoms with van der Waals surface area (Å²) in [6.07, 6.45) is 2.88. The van der Waals surface area contributed by atoms with Gasteiger partial charge in [0.05, 0.1) is 14.2 Å². The molecule has 0 radical (unpaired) electrons. The second-order valence-corrected chi connectivity index (χ2v) is 5.94. The highest BCUT2D eigenvalue weighted by molar-refractivity contribution is 6.01. The topological polar surface area (TPSA) is 61.8 Å². The number of rotatable bonds is 8. The first-order valence-electron chi connectivity index (χ1n) is 8.72. The minimum atomic E-state index is -0.868. The normalized spacial score (nSPS) is 11.9. The van der Waals surface area contributed by atoms with Crippen molar-refractivity contribution in [1.82, 2.24) is 0 Å². The van der Waals surface area contributed by atoms with Crippen molar-refractivity contribution in [3.63, 3.8) is 0 Å². The molecule has 0 saturated heterocycles. The minimum absolute atomic E-state index is 0.235. The van der Waals surface area contributed by atoms with Crippen molar-refractivity contribution >= 4 is 17.8 Å². The summed E-state index contributed by atoms with van der Waals surface area (Å²) < 4.78 is 15.6. The van der Waals surface area contributed by atoms with Gasteiger partial charge in [0.25, 0.3) is 0 Å². The number of carbonyl (C=O) groups excluding carboxylic acids is 2. The van der Waals surface area contributed by atoms with Crippen LogP contribution in [0.2, 0.25) is 0 Å². The van der Waals surface area contributed by atoms with Gasteiger partial charge in [-0.25, -0.2) is 4.79 Å². The highest BCUT2D eigenvalue weighted by atomic mass is 16.5.